The molecule has 1 atom stereocenters. The molecule has 0 fully saturated rings. The van der Waals surface area contributed by atoms with Crippen molar-refractivity contribution in [2.24, 2.45) is 5.92 Å². The van der Waals surface area contributed by atoms with Crippen LogP contribution in [0.4, 0.5) is 0 Å². The first-order valence-electron chi connectivity index (χ1n) is 10.2. The summed E-state index contributed by atoms with van der Waals surface area (Å²) in [5, 5.41) is 0. The maximum Gasteiger partial charge on any atom is 0.0340 e. The lowest BCUT2D eigenvalue weighted by Crippen LogP contribution is -2.11. The monoisotopic (exact) mass is 336 g/mol. The van der Waals surface area contributed by atoms with Crippen molar-refractivity contribution >= 4 is 0 Å². The van der Waals surface area contributed by atoms with Gasteiger partial charge < -0.3 is 0 Å². The molecule has 1 aliphatic carbocycles. The summed E-state index contributed by atoms with van der Waals surface area (Å²) < 4.78 is 0. The number of hydrogen-bond acceptors (Lipinski definition) is 0. The number of hydrogen-bond donors (Lipinski definition) is 0. The molecule has 0 bridgehead atoms. The van der Waals surface area contributed by atoms with Gasteiger partial charge in [-0.2, -0.15) is 0 Å². The van der Waals surface area contributed by atoms with Crippen molar-refractivity contribution in [2.45, 2.75) is 91.9 Å². The quantitative estimate of drug-likeness (QED) is 0.294. The van der Waals surface area contributed by atoms with E-state index in [1.807, 2.05) is 0 Å². The molecule has 0 N–H and O–H groups in total. The maximum atomic E-state index is 3.39. The van der Waals surface area contributed by atoms with Gasteiger partial charge in [0.15, 0.2) is 0 Å². The summed E-state index contributed by atoms with van der Waals surface area (Å²) >= 11 is 0. The normalized spacial score (nSPS) is 17.2. The molecule has 1 aliphatic rings. The number of benzene rings is 1. The molecule has 25 heavy (non-hydrogen) atoms. The largest absolute Gasteiger partial charge is 0.103 e. The first-order valence-corrected chi connectivity index (χ1v) is 10.2. The molecule has 0 saturated heterocycles. The van der Waals surface area contributed by atoms with E-state index in [0.717, 1.165) is 12.8 Å². The molecular weight excluding hydrogens is 300 g/mol. The summed E-state index contributed by atoms with van der Waals surface area (Å²) in [7, 11) is 0. The molecule has 0 saturated carbocycles. The SMILES string of the molecule is CCCCC#CCc1cc(C)c(C2CCC=C(C)C2)c(CC(C)C)c1. The first kappa shape index (κ1) is 19.8. The number of rotatable bonds is 6. The summed E-state index contributed by atoms with van der Waals surface area (Å²) in [6.45, 7) is 11.5. The molecule has 1 aromatic rings. The Balaban J connectivity index is 2.26. The molecule has 136 valence electrons. The Labute approximate surface area is 156 Å². The lowest BCUT2D eigenvalue weighted by molar-refractivity contribution is 0.574. The van der Waals surface area contributed by atoms with Crippen LogP contribution in [0, 0.1) is 24.7 Å². The second kappa shape index (κ2) is 9.86. The summed E-state index contributed by atoms with van der Waals surface area (Å²) in [5.41, 5.74) is 7.69. The lowest BCUT2D eigenvalue weighted by atomic mass is 9.78. The highest BCUT2D eigenvalue weighted by Crippen LogP contribution is 2.37. The number of unbranched alkanes of at least 4 members (excludes halogenated alkanes) is 2. The van der Waals surface area contributed by atoms with Crippen LogP contribution >= 0.6 is 0 Å². The highest BCUT2D eigenvalue weighted by molar-refractivity contribution is 5.43. The van der Waals surface area contributed by atoms with Crippen LogP contribution in [0.2, 0.25) is 0 Å². The summed E-state index contributed by atoms with van der Waals surface area (Å²) in [4.78, 5) is 0. The van der Waals surface area contributed by atoms with Gasteiger partial charge in [0.2, 0.25) is 0 Å². The molecule has 0 spiro atoms. The van der Waals surface area contributed by atoms with Gasteiger partial charge >= 0.3 is 0 Å². The topological polar surface area (TPSA) is 0 Å². The van der Waals surface area contributed by atoms with Crippen LogP contribution in [-0.4, -0.2) is 0 Å². The Morgan fingerprint density at radius 1 is 1.16 bits per heavy atom. The van der Waals surface area contributed by atoms with Crippen molar-refractivity contribution in [3.05, 3.63) is 46.0 Å². The van der Waals surface area contributed by atoms with E-state index in [1.54, 1.807) is 16.7 Å². The van der Waals surface area contributed by atoms with Gasteiger partial charge in [-0.1, -0.05) is 56.9 Å². The second-order valence-corrected chi connectivity index (χ2v) is 8.25. The van der Waals surface area contributed by atoms with Crippen molar-refractivity contribution in [3.63, 3.8) is 0 Å². The lowest BCUT2D eigenvalue weighted by Gasteiger charge is -2.27. The Morgan fingerprint density at radius 2 is 1.96 bits per heavy atom. The molecule has 2 rings (SSSR count). The average Bonchev–Trinajstić information content (AvgIpc) is 2.54. The average molecular weight is 337 g/mol. The van der Waals surface area contributed by atoms with Crippen LogP contribution in [0.1, 0.15) is 94.4 Å². The van der Waals surface area contributed by atoms with Gasteiger partial charge in [-0.3, -0.25) is 0 Å². The van der Waals surface area contributed by atoms with Crippen LogP contribution in [0.15, 0.2) is 23.8 Å². The second-order valence-electron chi connectivity index (χ2n) is 8.25. The first-order chi connectivity index (χ1) is 12.0. The van der Waals surface area contributed by atoms with E-state index < -0.39 is 0 Å². The Kier molecular flexibility index (Phi) is 7.83. The fourth-order valence-corrected chi connectivity index (χ4v) is 4.12. The van der Waals surface area contributed by atoms with Crippen molar-refractivity contribution in [1.82, 2.24) is 0 Å². The molecular formula is C25H36. The van der Waals surface area contributed by atoms with Crippen LogP contribution in [0.25, 0.3) is 0 Å². The molecule has 0 nitrogen and oxygen atoms in total. The minimum atomic E-state index is 0.698. The minimum Gasteiger partial charge on any atom is -0.103 e. The van der Waals surface area contributed by atoms with Gasteiger partial charge in [0.1, 0.15) is 0 Å². The summed E-state index contributed by atoms with van der Waals surface area (Å²) in [5.74, 6) is 8.14. The zero-order valence-corrected chi connectivity index (χ0v) is 17.0. The molecule has 0 aliphatic heterocycles. The molecule has 0 aromatic heterocycles. The fraction of sp³-hybridized carbons (Fsp3) is 0.600. The molecule has 0 amide bonds. The molecule has 0 radical (unpaired) electrons. The van der Waals surface area contributed by atoms with E-state index in [-0.39, 0.29) is 0 Å². The van der Waals surface area contributed by atoms with E-state index in [0.29, 0.717) is 11.8 Å². The minimum absolute atomic E-state index is 0.698. The Bertz CT molecular complexity index is 649. The predicted octanol–water partition coefficient (Wildman–Crippen LogP) is 7.14. The maximum absolute atomic E-state index is 3.39. The highest BCUT2D eigenvalue weighted by Gasteiger charge is 2.21. The summed E-state index contributed by atoms with van der Waals surface area (Å²) in [6.07, 6.45) is 11.8. The zero-order chi connectivity index (χ0) is 18.2. The Morgan fingerprint density at radius 3 is 2.64 bits per heavy atom. The van der Waals surface area contributed by atoms with E-state index >= 15 is 0 Å². The van der Waals surface area contributed by atoms with Crippen molar-refractivity contribution in [1.29, 1.82) is 0 Å². The van der Waals surface area contributed by atoms with Gasteiger partial charge in [0, 0.05) is 12.8 Å². The van der Waals surface area contributed by atoms with Crippen LogP contribution in [0.3, 0.4) is 0 Å². The Hall–Kier alpha value is -1.48. The summed E-state index contributed by atoms with van der Waals surface area (Å²) in [6, 6.07) is 4.87. The van der Waals surface area contributed by atoms with Crippen molar-refractivity contribution in [3.8, 4) is 11.8 Å². The molecule has 0 heteroatoms. The van der Waals surface area contributed by atoms with Gasteiger partial charge in [-0.15, -0.1) is 5.92 Å². The smallest absolute Gasteiger partial charge is 0.0340 e. The molecule has 1 aromatic carbocycles. The number of aryl methyl sites for hydroxylation is 1. The van der Waals surface area contributed by atoms with E-state index in [2.05, 4.69) is 64.7 Å². The van der Waals surface area contributed by atoms with E-state index in [4.69, 9.17) is 0 Å². The number of allylic oxidation sites excluding steroid dienone is 2. The van der Waals surface area contributed by atoms with Crippen LogP contribution in [0.5, 0.6) is 0 Å². The molecule has 0 heterocycles. The zero-order valence-electron chi connectivity index (χ0n) is 17.0. The standard InChI is InChI=1S/C25H36/c1-6-7-8-9-10-13-22-17-21(5)25(24(18-22)15-19(2)3)23-14-11-12-20(4)16-23/h12,17-19,23H,6-8,11,13-16H2,1-5H3. The van der Waals surface area contributed by atoms with Gasteiger partial charge in [-0.05, 0) is 80.0 Å². The third-order valence-electron chi connectivity index (χ3n) is 5.22. The van der Waals surface area contributed by atoms with Crippen molar-refractivity contribution in [2.75, 3.05) is 0 Å². The van der Waals surface area contributed by atoms with Crippen LogP contribution < -0.4 is 0 Å². The van der Waals surface area contributed by atoms with E-state index in [9.17, 15) is 0 Å². The third-order valence-corrected chi connectivity index (χ3v) is 5.22. The van der Waals surface area contributed by atoms with Crippen molar-refractivity contribution < 1.29 is 0 Å². The predicted molar refractivity (Wildman–Crippen MR) is 111 cm³/mol. The third kappa shape index (κ3) is 6.07. The van der Waals surface area contributed by atoms with Gasteiger partial charge in [0.25, 0.3) is 0 Å². The molecule has 1 unspecified atom stereocenters. The highest BCUT2D eigenvalue weighted by atomic mass is 14.3. The van der Waals surface area contributed by atoms with Crippen LogP contribution in [-0.2, 0) is 12.8 Å². The van der Waals surface area contributed by atoms with E-state index in [1.165, 1.54) is 49.7 Å². The van der Waals surface area contributed by atoms with Gasteiger partial charge in [0.05, 0.1) is 0 Å². The fourth-order valence-electron chi connectivity index (χ4n) is 4.12. The van der Waals surface area contributed by atoms with Gasteiger partial charge in [-0.25, -0.2) is 0 Å².